The second kappa shape index (κ2) is 4.32. The number of fused-ring (bicyclic) bond motifs is 1. The maximum atomic E-state index is 5.89. The molecule has 2 aromatic rings. The molecule has 0 aliphatic rings. The van der Waals surface area contributed by atoms with E-state index in [0.717, 1.165) is 18.3 Å². The lowest BCUT2D eigenvalue weighted by atomic mass is 10.4. The number of hydrogen-bond acceptors (Lipinski definition) is 4. The minimum absolute atomic E-state index is 0.174. The second-order valence-corrected chi connectivity index (χ2v) is 4.18. The fourth-order valence-electron chi connectivity index (χ4n) is 1.32. The van der Waals surface area contributed by atoms with Gasteiger partial charge in [-0.3, -0.25) is 0 Å². The Kier molecular flexibility index (Phi) is 3.06. The van der Waals surface area contributed by atoms with E-state index in [1.54, 1.807) is 6.33 Å². The summed E-state index contributed by atoms with van der Waals surface area (Å²) < 4.78 is 1.92. The number of nitrogens with two attached hydrogens (primary N) is 1. The average Bonchev–Trinajstić information content (AvgIpc) is 2.58. The lowest BCUT2D eigenvalue weighted by molar-refractivity contribution is 0.699. The summed E-state index contributed by atoms with van der Waals surface area (Å²) in [6.07, 6.45) is 2.69. The summed E-state index contributed by atoms with van der Waals surface area (Å²) in [5, 5.41) is 1.23. The van der Waals surface area contributed by atoms with Crippen LogP contribution < -0.4 is 5.73 Å². The van der Waals surface area contributed by atoms with E-state index in [-0.39, 0.29) is 5.95 Å². The molecule has 2 heterocycles. The fourth-order valence-corrected chi connectivity index (χ4v) is 1.79. The van der Waals surface area contributed by atoms with Gasteiger partial charge in [0.1, 0.15) is 5.52 Å². The zero-order valence-corrected chi connectivity index (χ0v) is 10.2. The molecule has 0 saturated carbocycles. The van der Waals surface area contributed by atoms with E-state index < -0.39 is 0 Å². The van der Waals surface area contributed by atoms with Gasteiger partial charge in [0.2, 0.25) is 5.95 Å². The molecule has 0 radical (unpaired) electrons. The SMILES string of the molecule is Nc1nc(Cl)c2ncn(CCCBr)c2n1. The molecule has 0 aliphatic heterocycles. The van der Waals surface area contributed by atoms with E-state index in [1.807, 2.05) is 4.57 Å². The Balaban J connectivity index is 2.49. The van der Waals surface area contributed by atoms with Crippen molar-refractivity contribution in [2.45, 2.75) is 13.0 Å². The van der Waals surface area contributed by atoms with Crippen LogP contribution in [-0.4, -0.2) is 24.8 Å². The third-order valence-electron chi connectivity index (χ3n) is 1.97. The predicted octanol–water partition coefficient (Wildman–Crippen LogP) is 1.85. The molecule has 0 aromatic carbocycles. The first-order valence-corrected chi connectivity index (χ1v) is 5.92. The number of nitrogens with zero attached hydrogens (tertiary/aromatic N) is 4. The summed E-state index contributed by atoms with van der Waals surface area (Å²) in [6.45, 7) is 0.828. The maximum absolute atomic E-state index is 5.89. The Bertz CT molecular complexity index is 483. The summed E-state index contributed by atoms with van der Waals surface area (Å²) in [6, 6.07) is 0. The first-order chi connectivity index (χ1) is 7.22. The highest BCUT2D eigenvalue weighted by Gasteiger charge is 2.09. The van der Waals surface area contributed by atoms with Gasteiger partial charge in [0.05, 0.1) is 6.33 Å². The highest BCUT2D eigenvalue weighted by atomic mass is 79.9. The van der Waals surface area contributed by atoms with Crippen LogP contribution in [0.3, 0.4) is 0 Å². The molecular weight excluding hydrogens is 281 g/mol. The number of halogens is 2. The van der Waals surface area contributed by atoms with E-state index >= 15 is 0 Å². The lowest BCUT2D eigenvalue weighted by Gasteiger charge is -2.01. The highest BCUT2D eigenvalue weighted by Crippen LogP contribution is 2.19. The molecule has 2 rings (SSSR count). The number of rotatable bonds is 3. The standard InChI is InChI=1S/C8H9BrClN5/c9-2-1-3-15-4-12-5-6(10)13-8(11)14-7(5)15/h4H,1-3H2,(H2,11,13,14). The Hall–Kier alpha value is -0.880. The Morgan fingerprint density at radius 1 is 1.47 bits per heavy atom. The van der Waals surface area contributed by atoms with E-state index in [0.29, 0.717) is 16.3 Å². The Morgan fingerprint density at radius 2 is 2.27 bits per heavy atom. The Morgan fingerprint density at radius 3 is 3.00 bits per heavy atom. The summed E-state index contributed by atoms with van der Waals surface area (Å²) in [7, 11) is 0. The molecule has 0 spiro atoms. The minimum Gasteiger partial charge on any atom is -0.368 e. The van der Waals surface area contributed by atoms with Crippen LogP contribution in [0.5, 0.6) is 0 Å². The van der Waals surface area contributed by atoms with Crippen LogP contribution in [0, 0.1) is 0 Å². The number of alkyl halides is 1. The zero-order valence-electron chi connectivity index (χ0n) is 7.82. The van der Waals surface area contributed by atoms with Gasteiger partial charge in [0, 0.05) is 11.9 Å². The van der Waals surface area contributed by atoms with Gasteiger partial charge < -0.3 is 10.3 Å². The van der Waals surface area contributed by atoms with Gasteiger partial charge in [-0.25, -0.2) is 4.98 Å². The first-order valence-electron chi connectivity index (χ1n) is 4.42. The Labute approximate surface area is 99.8 Å². The number of aryl methyl sites for hydroxylation is 1. The van der Waals surface area contributed by atoms with Crippen molar-refractivity contribution in [1.82, 2.24) is 19.5 Å². The number of hydrogen-bond donors (Lipinski definition) is 1. The largest absolute Gasteiger partial charge is 0.368 e. The highest BCUT2D eigenvalue weighted by molar-refractivity contribution is 9.09. The molecular formula is C8H9BrClN5. The number of anilines is 1. The topological polar surface area (TPSA) is 69.6 Å². The number of imidazole rings is 1. The van der Waals surface area contributed by atoms with Crippen molar-refractivity contribution in [3.63, 3.8) is 0 Å². The quantitative estimate of drug-likeness (QED) is 0.692. The minimum atomic E-state index is 0.174. The molecule has 0 saturated heterocycles. The van der Waals surface area contributed by atoms with Gasteiger partial charge in [-0.2, -0.15) is 9.97 Å². The van der Waals surface area contributed by atoms with Gasteiger partial charge in [-0.15, -0.1) is 0 Å². The summed E-state index contributed by atoms with van der Waals surface area (Å²) in [5.41, 5.74) is 6.81. The zero-order chi connectivity index (χ0) is 10.8. The summed E-state index contributed by atoms with van der Waals surface area (Å²) in [5.74, 6) is 0.174. The fraction of sp³-hybridized carbons (Fsp3) is 0.375. The van der Waals surface area contributed by atoms with E-state index in [1.165, 1.54) is 0 Å². The van der Waals surface area contributed by atoms with Crippen molar-refractivity contribution in [1.29, 1.82) is 0 Å². The van der Waals surface area contributed by atoms with Gasteiger partial charge in [-0.05, 0) is 6.42 Å². The van der Waals surface area contributed by atoms with Crippen molar-refractivity contribution in [3.05, 3.63) is 11.5 Å². The molecule has 0 bridgehead atoms. The van der Waals surface area contributed by atoms with Crippen LogP contribution in [0.15, 0.2) is 6.33 Å². The molecule has 2 aromatic heterocycles. The van der Waals surface area contributed by atoms with E-state index in [2.05, 4.69) is 30.9 Å². The molecule has 80 valence electrons. The van der Waals surface area contributed by atoms with Crippen molar-refractivity contribution < 1.29 is 0 Å². The number of nitrogen functional groups attached to an aromatic ring is 1. The van der Waals surface area contributed by atoms with Gasteiger partial charge in [0.15, 0.2) is 10.8 Å². The molecule has 15 heavy (non-hydrogen) atoms. The van der Waals surface area contributed by atoms with E-state index in [9.17, 15) is 0 Å². The smallest absolute Gasteiger partial charge is 0.223 e. The van der Waals surface area contributed by atoms with Crippen LogP contribution in [0.4, 0.5) is 5.95 Å². The molecule has 0 amide bonds. The monoisotopic (exact) mass is 289 g/mol. The summed E-state index contributed by atoms with van der Waals surface area (Å²) in [4.78, 5) is 12.1. The normalized spacial score (nSPS) is 11.1. The maximum Gasteiger partial charge on any atom is 0.223 e. The van der Waals surface area contributed by atoms with Crippen LogP contribution in [0.2, 0.25) is 5.15 Å². The van der Waals surface area contributed by atoms with Crippen LogP contribution in [0.1, 0.15) is 6.42 Å². The molecule has 0 fully saturated rings. The molecule has 7 heteroatoms. The summed E-state index contributed by atoms with van der Waals surface area (Å²) >= 11 is 9.26. The molecule has 2 N–H and O–H groups in total. The second-order valence-electron chi connectivity index (χ2n) is 3.03. The van der Waals surface area contributed by atoms with Crippen molar-refractivity contribution >= 4 is 44.6 Å². The van der Waals surface area contributed by atoms with Crippen LogP contribution >= 0.6 is 27.5 Å². The third kappa shape index (κ3) is 2.05. The average molecular weight is 291 g/mol. The molecule has 0 aliphatic carbocycles. The van der Waals surface area contributed by atoms with Crippen LogP contribution in [0.25, 0.3) is 11.2 Å². The number of aromatic nitrogens is 4. The molecule has 0 unspecified atom stereocenters. The predicted molar refractivity (Wildman–Crippen MR) is 63.2 cm³/mol. The van der Waals surface area contributed by atoms with Crippen molar-refractivity contribution in [2.75, 3.05) is 11.1 Å². The first kappa shape index (κ1) is 10.6. The van der Waals surface area contributed by atoms with E-state index in [4.69, 9.17) is 17.3 Å². The lowest BCUT2D eigenvalue weighted by Crippen LogP contribution is -2.01. The molecule has 0 atom stereocenters. The van der Waals surface area contributed by atoms with Crippen molar-refractivity contribution in [3.8, 4) is 0 Å². The molecule has 5 nitrogen and oxygen atoms in total. The van der Waals surface area contributed by atoms with Gasteiger partial charge >= 0.3 is 0 Å². The van der Waals surface area contributed by atoms with Gasteiger partial charge in [0.25, 0.3) is 0 Å². The van der Waals surface area contributed by atoms with Crippen LogP contribution in [-0.2, 0) is 6.54 Å². The third-order valence-corrected chi connectivity index (χ3v) is 2.80. The van der Waals surface area contributed by atoms with Gasteiger partial charge in [-0.1, -0.05) is 27.5 Å². The van der Waals surface area contributed by atoms with Crippen molar-refractivity contribution in [2.24, 2.45) is 0 Å².